The molecule has 1 aromatic carbocycles. The lowest BCUT2D eigenvalue weighted by Gasteiger charge is -2.18. The maximum absolute atomic E-state index is 11.9. The van der Waals surface area contributed by atoms with Gasteiger partial charge in [-0.1, -0.05) is 30.3 Å². The van der Waals surface area contributed by atoms with Crippen molar-refractivity contribution < 1.29 is 14.3 Å². The molecule has 0 saturated carbocycles. The Morgan fingerprint density at radius 1 is 1.47 bits per heavy atom. The molecule has 0 radical (unpaired) electrons. The average molecular weight is 264 g/mol. The lowest BCUT2D eigenvalue weighted by molar-refractivity contribution is -0.139. The number of amides is 1. The van der Waals surface area contributed by atoms with Gasteiger partial charge in [-0.15, -0.1) is 0 Å². The minimum atomic E-state index is -0.656. The Bertz CT molecular complexity index is 434. The molecule has 0 bridgehead atoms. The second kappa shape index (κ2) is 5.69. The molecule has 104 valence electrons. The first-order chi connectivity index (χ1) is 8.98. The first-order valence-electron chi connectivity index (χ1n) is 6.38. The fourth-order valence-electron chi connectivity index (χ4n) is 2.00. The van der Waals surface area contributed by atoms with Gasteiger partial charge in [-0.2, -0.15) is 0 Å². The van der Waals surface area contributed by atoms with Gasteiger partial charge in [0, 0.05) is 6.54 Å². The van der Waals surface area contributed by atoms with Crippen molar-refractivity contribution >= 4 is 5.91 Å². The van der Waals surface area contributed by atoms with E-state index in [-0.39, 0.29) is 12.0 Å². The fourth-order valence-corrected chi connectivity index (χ4v) is 2.00. The van der Waals surface area contributed by atoms with Crippen LogP contribution in [0.15, 0.2) is 30.3 Å². The molecular weight excluding hydrogens is 244 g/mol. The molecule has 1 saturated heterocycles. The van der Waals surface area contributed by atoms with Crippen molar-refractivity contribution in [1.29, 1.82) is 0 Å². The molecule has 2 rings (SSSR count). The lowest BCUT2D eigenvalue weighted by Crippen LogP contribution is -2.39. The van der Waals surface area contributed by atoms with Crippen molar-refractivity contribution in [2.75, 3.05) is 13.2 Å². The quantitative estimate of drug-likeness (QED) is 0.849. The Balaban J connectivity index is 1.82. The summed E-state index contributed by atoms with van der Waals surface area (Å²) in [6.45, 7) is 4.59. The number of nitrogens with one attached hydrogen (secondary N) is 1. The van der Waals surface area contributed by atoms with Gasteiger partial charge in [-0.05, 0) is 19.4 Å². The van der Waals surface area contributed by atoms with Crippen molar-refractivity contribution in [3.63, 3.8) is 0 Å². The van der Waals surface area contributed by atoms with Crippen LogP contribution in [0.2, 0.25) is 0 Å². The Morgan fingerprint density at radius 2 is 2.16 bits per heavy atom. The Hall–Kier alpha value is -1.43. The lowest BCUT2D eigenvalue weighted by atomic mass is 10.1. The van der Waals surface area contributed by atoms with E-state index >= 15 is 0 Å². The summed E-state index contributed by atoms with van der Waals surface area (Å²) in [5.41, 5.74) is 6.69. The molecule has 1 fully saturated rings. The van der Waals surface area contributed by atoms with Crippen LogP contribution in [-0.4, -0.2) is 30.9 Å². The minimum Gasteiger partial charge on any atom is -0.352 e. The van der Waals surface area contributed by atoms with Gasteiger partial charge in [0.05, 0.1) is 6.61 Å². The van der Waals surface area contributed by atoms with E-state index in [0.29, 0.717) is 13.2 Å². The Labute approximate surface area is 113 Å². The predicted octanol–water partition coefficient (Wildman–Crippen LogP) is 0.954. The number of rotatable bonds is 4. The molecule has 1 aromatic rings. The molecule has 1 unspecified atom stereocenters. The van der Waals surface area contributed by atoms with Gasteiger partial charge < -0.3 is 20.5 Å². The molecule has 1 aliphatic rings. The standard InChI is InChI=1S/C14H20N2O3/c1-14(2)18-9-11(19-14)8-16-13(17)12(15)10-6-4-3-5-7-10/h3-7,11-12H,8-9,15H2,1-2H3,(H,16,17)/t11?,12-/m1/s1. The van der Waals surface area contributed by atoms with Crippen LogP contribution in [0.5, 0.6) is 0 Å². The van der Waals surface area contributed by atoms with E-state index in [9.17, 15) is 4.79 Å². The molecule has 2 atom stereocenters. The summed E-state index contributed by atoms with van der Waals surface area (Å²) in [6, 6.07) is 8.62. The van der Waals surface area contributed by atoms with Crippen molar-refractivity contribution in [3.05, 3.63) is 35.9 Å². The van der Waals surface area contributed by atoms with Crippen LogP contribution in [0.3, 0.4) is 0 Å². The van der Waals surface area contributed by atoms with E-state index in [2.05, 4.69) is 5.32 Å². The number of carbonyl (C=O) groups excluding carboxylic acids is 1. The van der Waals surface area contributed by atoms with Crippen LogP contribution in [-0.2, 0) is 14.3 Å². The molecule has 0 aliphatic carbocycles. The first-order valence-corrected chi connectivity index (χ1v) is 6.38. The third-order valence-corrected chi connectivity index (χ3v) is 3.01. The number of hydrogen-bond donors (Lipinski definition) is 2. The number of benzene rings is 1. The zero-order chi connectivity index (χ0) is 13.9. The molecule has 5 heteroatoms. The zero-order valence-corrected chi connectivity index (χ0v) is 11.3. The fraction of sp³-hybridized carbons (Fsp3) is 0.500. The Morgan fingerprint density at radius 3 is 2.74 bits per heavy atom. The van der Waals surface area contributed by atoms with Gasteiger partial charge in [-0.25, -0.2) is 0 Å². The van der Waals surface area contributed by atoms with Crippen LogP contribution in [0, 0.1) is 0 Å². The SMILES string of the molecule is CC1(C)OCC(CNC(=O)[C@H](N)c2ccccc2)O1. The van der Waals surface area contributed by atoms with Gasteiger partial charge in [0.15, 0.2) is 5.79 Å². The van der Waals surface area contributed by atoms with E-state index in [1.165, 1.54) is 0 Å². The van der Waals surface area contributed by atoms with Gasteiger partial charge in [-0.3, -0.25) is 4.79 Å². The van der Waals surface area contributed by atoms with Gasteiger partial charge in [0.25, 0.3) is 0 Å². The van der Waals surface area contributed by atoms with Crippen LogP contribution in [0.4, 0.5) is 0 Å². The summed E-state index contributed by atoms with van der Waals surface area (Å²) >= 11 is 0. The first kappa shape index (κ1) is 14.0. The monoisotopic (exact) mass is 264 g/mol. The second-order valence-corrected chi connectivity index (χ2v) is 5.08. The van der Waals surface area contributed by atoms with Crippen LogP contribution in [0.1, 0.15) is 25.5 Å². The molecule has 0 aromatic heterocycles. The number of carbonyl (C=O) groups is 1. The van der Waals surface area contributed by atoms with Gasteiger partial charge in [0.1, 0.15) is 12.1 Å². The highest BCUT2D eigenvalue weighted by molar-refractivity contribution is 5.82. The molecule has 5 nitrogen and oxygen atoms in total. The summed E-state index contributed by atoms with van der Waals surface area (Å²) < 4.78 is 11.0. The summed E-state index contributed by atoms with van der Waals surface area (Å²) in [4.78, 5) is 11.9. The smallest absolute Gasteiger partial charge is 0.241 e. The normalized spacial score (nSPS) is 23.0. The maximum Gasteiger partial charge on any atom is 0.241 e. The highest BCUT2D eigenvalue weighted by atomic mass is 16.7. The van der Waals surface area contributed by atoms with E-state index in [1.54, 1.807) is 0 Å². The van der Waals surface area contributed by atoms with Gasteiger partial charge >= 0.3 is 0 Å². The molecule has 1 aliphatic heterocycles. The number of nitrogens with two attached hydrogens (primary N) is 1. The molecule has 3 N–H and O–H groups in total. The molecule has 19 heavy (non-hydrogen) atoms. The third-order valence-electron chi connectivity index (χ3n) is 3.01. The largest absolute Gasteiger partial charge is 0.352 e. The van der Waals surface area contributed by atoms with Crippen molar-refractivity contribution in [1.82, 2.24) is 5.32 Å². The van der Waals surface area contributed by atoms with E-state index < -0.39 is 11.8 Å². The van der Waals surface area contributed by atoms with Crippen molar-refractivity contribution in [2.45, 2.75) is 31.8 Å². The number of hydrogen-bond acceptors (Lipinski definition) is 4. The number of ether oxygens (including phenoxy) is 2. The molecule has 0 spiro atoms. The highest BCUT2D eigenvalue weighted by Gasteiger charge is 2.32. The zero-order valence-electron chi connectivity index (χ0n) is 11.3. The van der Waals surface area contributed by atoms with Crippen molar-refractivity contribution in [3.8, 4) is 0 Å². The van der Waals surface area contributed by atoms with E-state index in [4.69, 9.17) is 15.2 Å². The molecular formula is C14H20N2O3. The van der Waals surface area contributed by atoms with Gasteiger partial charge in [0.2, 0.25) is 5.91 Å². The third kappa shape index (κ3) is 3.76. The highest BCUT2D eigenvalue weighted by Crippen LogP contribution is 2.21. The average Bonchev–Trinajstić information content (AvgIpc) is 2.76. The minimum absolute atomic E-state index is 0.123. The topological polar surface area (TPSA) is 73.6 Å². The van der Waals surface area contributed by atoms with E-state index in [0.717, 1.165) is 5.56 Å². The van der Waals surface area contributed by atoms with E-state index in [1.807, 2.05) is 44.2 Å². The summed E-state index contributed by atoms with van der Waals surface area (Å²) in [6.07, 6.45) is -0.123. The Kier molecular flexibility index (Phi) is 4.19. The van der Waals surface area contributed by atoms with Crippen LogP contribution >= 0.6 is 0 Å². The predicted molar refractivity (Wildman–Crippen MR) is 71.3 cm³/mol. The summed E-state index contributed by atoms with van der Waals surface area (Å²) in [5, 5.41) is 2.79. The maximum atomic E-state index is 11.9. The van der Waals surface area contributed by atoms with Crippen LogP contribution in [0.25, 0.3) is 0 Å². The van der Waals surface area contributed by atoms with Crippen LogP contribution < -0.4 is 11.1 Å². The molecule has 1 heterocycles. The molecule has 1 amide bonds. The summed E-state index contributed by atoms with van der Waals surface area (Å²) in [7, 11) is 0. The van der Waals surface area contributed by atoms with Crippen molar-refractivity contribution in [2.24, 2.45) is 5.73 Å². The second-order valence-electron chi connectivity index (χ2n) is 5.08. The summed E-state index contributed by atoms with van der Waals surface area (Å²) in [5.74, 6) is -0.781.